The van der Waals surface area contributed by atoms with E-state index < -0.39 is 11.9 Å². The van der Waals surface area contributed by atoms with Crippen molar-refractivity contribution in [3.8, 4) is 0 Å². The van der Waals surface area contributed by atoms with Crippen LogP contribution in [0.2, 0.25) is 4.34 Å². The minimum Gasteiger partial charge on any atom is -0.370 e. The first-order valence-electron chi connectivity index (χ1n) is 11.5. The predicted molar refractivity (Wildman–Crippen MR) is 136 cm³/mol. The van der Waals surface area contributed by atoms with Crippen LogP contribution in [0.1, 0.15) is 30.4 Å². The summed E-state index contributed by atoms with van der Waals surface area (Å²) in [6, 6.07) is 6.82. The van der Waals surface area contributed by atoms with Crippen molar-refractivity contribution in [2.45, 2.75) is 26.8 Å². The zero-order chi connectivity index (χ0) is 25.5. The maximum absolute atomic E-state index is 14.8. The predicted octanol–water partition coefficient (Wildman–Crippen LogP) is 3.62. The van der Waals surface area contributed by atoms with E-state index in [1.165, 1.54) is 17.0 Å². The Bertz CT molecular complexity index is 1060. The second kappa shape index (κ2) is 12.4. The number of carbonyl (C=O) groups excluding carboxylic acids is 3. The van der Waals surface area contributed by atoms with Crippen LogP contribution >= 0.6 is 22.9 Å². The molecule has 0 unspecified atom stereocenters. The first kappa shape index (κ1) is 27.1. The zero-order valence-electron chi connectivity index (χ0n) is 20.0. The molecule has 1 fully saturated rings. The van der Waals surface area contributed by atoms with E-state index >= 15 is 0 Å². The van der Waals surface area contributed by atoms with Gasteiger partial charge in [-0.15, -0.1) is 11.3 Å². The zero-order valence-corrected chi connectivity index (χ0v) is 21.5. The number of halogens is 2. The minimum atomic E-state index is -0.676. The average molecular weight is 525 g/mol. The first-order chi connectivity index (χ1) is 16.7. The first-order valence-corrected chi connectivity index (χ1v) is 12.6. The third-order valence-corrected chi connectivity index (χ3v) is 6.72. The van der Waals surface area contributed by atoms with Gasteiger partial charge in [0.1, 0.15) is 18.5 Å². The van der Waals surface area contributed by atoms with E-state index in [-0.39, 0.29) is 48.8 Å². The maximum atomic E-state index is 14.8. The van der Waals surface area contributed by atoms with Crippen LogP contribution < -0.4 is 15.5 Å². The lowest BCUT2D eigenvalue weighted by Crippen LogP contribution is -2.51. The molecule has 2 aromatic rings. The molecule has 0 bridgehead atoms. The fraction of sp³-hybridized carbons (Fsp3) is 0.458. The fourth-order valence-corrected chi connectivity index (χ4v) is 4.81. The Labute approximate surface area is 213 Å². The SMILES string of the molecule is CCN(CC(C)C)[C@H](CNC(=O)c1ccc(Cl)s1)C(=O)Nc1ccc(N2CCOCC2=O)c(F)c1. The number of hydrogen-bond acceptors (Lipinski definition) is 6. The lowest BCUT2D eigenvalue weighted by molar-refractivity contribution is -0.125. The van der Waals surface area contributed by atoms with E-state index in [1.54, 1.807) is 18.2 Å². The number of morpholine rings is 1. The van der Waals surface area contributed by atoms with Crippen molar-refractivity contribution in [2.75, 3.05) is 49.6 Å². The molecule has 3 amide bonds. The number of carbonyl (C=O) groups is 3. The Hall–Kier alpha value is -2.53. The smallest absolute Gasteiger partial charge is 0.261 e. The molecule has 11 heteroatoms. The van der Waals surface area contributed by atoms with E-state index in [9.17, 15) is 18.8 Å². The summed E-state index contributed by atoms with van der Waals surface area (Å²) in [5, 5.41) is 5.58. The number of nitrogens with one attached hydrogen (secondary N) is 2. The number of amides is 3. The van der Waals surface area contributed by atoms with E-state index in [2.05, 4.69) is 10.6 Å². The normalized spacial score (nSPS) is 14.9. The summed E-state index contributed by atoms with van der Waals surface area (Å²) in [6.07, 6.45) is 0. The van der Waals surface area contributed by atoms with Crippen LogP contribution in [-0.2, 0) is 14.3 Å². The molecule has 0 radical (unpaired) electrons. The molecule has 2 heterocycles. The largest absolute Gasteiger partial charge is 0.370 e. The molecule has 1 aliphatic heterocycles. The Morgan fingerprint density at radius 2 is 2.06 bits per heavy atom. The number of anilines is 2. The summed E-state index contributed by atoms with van der Waals surface area (Å²) in [5.41, 5.74) is 0.406. The Kier molecular flexibility index (Phi) is 9.62. The van der Waals surface area contributed by atoms with E-state index in [4.69, 9.17) is 16.3 Å². The van der Waals surface area contributed by atoms with Gasteiger partial charge in [0.15, 0.2) is 0 Å². The Morgan fingerprint density at radius 3 is 2.66 bits per heavy atom. The van der Waals surface area contributed by atoms with Crippen LogP contribution in [0.4, 0.5) is 15.8 Å². The molecular formula is C24H30ClFN4O4S. The van der Waals surface area contributed by atoms with E-state index in [0.29, 0.717) is 34.8 Å². The highest BCUT2D eigenvalue weighted by atomic mass is 35.5. The molecule has 35 heavy (non-hydrogen) atoms. The second-order valence-electron chi connectivity index (χ2n) is 8.56. The van der Waals surface area contributed by atoms with E-state index in [0.717, 1.165) is 11.3 Å². The average Bonchev–Trinajstić information content (AvgIpc) is 3.25. The molecule has 1 aromatic heterocycles. The molecule has 1 aliphatic rings. The summed E-state index contributed by atoms with van der Waals surface area (Å²) in [5.74, 6) is -1.33. The lowest BCUT2D eigenvalue weighted by atomic mass is 10.1. The number of likely N-dealkylation sites (N-methyl/N-ethyl adjacent to an activating group) is 1. The van der Waals surface area contributed by atoms with Gasteiger partial charge in [0, 0.05) is 25.3 Å². The number of rotatable bonds is 10. The molecular weight excluding hydrogens is 495 g/mol. The molecule has 2 N–H and O–H groups in total. The molecule has 0 spiro atoms. The van der Waals surface area contributed by atoms with Gasteiger partial charge in [-0.25, -0.2) is 4.39 Å². The highest BCUT2D eigenvalue weighted by Crippen LogP contribution is 2.25. The third-order valence-electron chi connectivity index (χ3n) is 5.49. The van der Waals surface area contributed by atoms with Crippen molar-refractivity contribution in [3.63, 3.8) is 0 Å². The van der Waals surface area contributed by atoms with E-state index in [1.807, 2.05) is 25.7 Å². The van der Waals surface area contributed by atoms with Crippen LogP contribution in [0, 0.1) is 11.7 Å². The number of benzene rings is 1. The molecule has 8 nitrogen and oxygen atoms in total. The van der Waals surface area contributed by atoms with Gasteiger partial charge in [-0.05, 0) is 42.8 Å². The second-order valence-corrected chi connectivity index (χ2v) is 10.3. The minimum absolute atomic E-state index is 0.0730. The van der Waals surface area contributed by atoms with Crippen molar-refractivity contribution in [1.29, 1.82) is 0 Å². The van der Waals surface area contributed by atoms with Crippen molar-refractivity contribution in [1.82, 2.24) is 10.2 Å². The van der Waals surface area contributed by atoms with Crippen LogP contribution in [0.3, 0.4) is 0 Å². The van der Waals surface area contributed by atoms with Crippen LogP contribution in [-0.4, -0.2) is 68.1 Å². The van der Waals surface area contributed by atoms with Gasteiger partial charge < -0.3 is 20.3 Å². The van der Waals surface area contributed by atoms with Crippen molar-refractivity contribution < 1.29 is 23.5 Å². The molecule has 1 aromatic carbocycles. The van der Waals surface area contributed by atoms with Gasteiger partial charge in [-0.2, -0.15) is 0 Å². The molecule has 190 valence electrons. The molecule has 1 atom stereocenters. The Balaban J connectivity index is 1.74. The maximum Gasteiger partial charge on any atom is 0.261 e. The molecule has 1 saturated heterocycles. The summed E-state index contributed by atoms with van der Waals surface area (Å²) >= 11 is 7.09. The molecule has 3 rings (SSSR count). The number of hydrogen-bond donors (Lipinski definition) is 2. The van der Waals surface area contributed by atoms with Crippen molar-refractivity contribution in [3.05, 3.63) is 45.4 Å². The van der Waals surface area contributed by atoms with Gasteiger partial charge >= 0.3 is 0 Å². The molecule has 0 aliphatic carbocycles. The lowest BCUT2D eigenvalue weighted by Gasteiger charge is -2.31. The number of nitrogens with zero attached hydrogens (tertiary/aromatic N) is 2. The summed E-state index contributed by atoms with van der Waals surface area (Å²) in [7, 11) is 0. The topological polar surface area (TPSA) is 91.0 Å². The summed E-state index contributed by atoms with van der Waals surface area (Å²) in [6.45, 7) is 7.84. The van der Waals surface area contributed by atoms with Gasteiger partial charge in [0.2, 0.25) is 5.91 Å². The van der Waals surface area contributed by atoms with Crippen molar-refractivity contribution >= 4 is 52.0 Å². The third kappa shape index (κ3) is 7.23. The van der Waals surface area contributed by atoms with Gasteiger partial charge in [0.25, 0.3) is 11.8 Å². The van der Waals surface area contributed by atoms with Gasteiger partial charge in [0.05, 0.1) is 21.5 Å². The number of thiophene rings is 1. The molecule has 0 saturated carbocycles. The van der Waals surface area contributed by atoms with Gasteiger partial charge in [-0.1, -0.05) is 32.4 Å². The monoisotopic (exact) mass is 524 g/mol. The standard InChI is InChI=1S/C24H30ClFN4O4S/c1-4-29(13-15(2)3)19(12-27-24(33)20-7-8-21(25)35-20)23(32)28-16-5-6-18(17(26)11-16)30-9-10-34-14-22(30)31/h5-8,11,15,19H,4,9-10,12-14H2,1-3H3,(H,27,33)(H,28,32)/t19-/m1/s1. The fourth-order valence-electron chi connectivity index (χ4n) is 3.85. The quantitative estimate of drug-likeness (QED) is 0.495. The van der Waals surface area contributed by atoms with Crippen molar-refractivity contribution in [2.24, 2.45) is 5.92 Å². The Morgan fingerprint density at radius 1 is 1.29 bits per heavy atom. The number of ether oxygens (including phenoxy) is 1. The van der Waals surface area contributed by atoms with Crippen LogP contribution in [0.15, 0.2) is 30.3 Å². The van der Waals surface area contributed by atoms with Gasteiger partial charge in [-0.3, -0.25) is 19.3 Å². The highest BCUT2D eigenvalue weighted by molar-refractivity contribution is 7.18. The summed E-state index contributed by atoms with van der Waals surface area (Å²) < 4.78 is 20.4. The summed E-state index contributed by atoms with van der Waals surface area (Å²) in [4.78, 5) is 41.6. The highest BCUT2D eigenvalue weighted by Gasteiger charge is 2.28. The van der Waals surface area contributed by atoms with Crippen LogP contribution in [0.25, 0.3) is 0 Å². The van der Waals surface area contributed by atoms with Crippen LogP contribution in [0.5, 0.6) is 0 Å².